The number of carbonyl (C=O) groups excluding carboxylic acids is 1. The molecule has 124 valence electrons. The van der Waals surface area contributed by atoms with E-state index in [1.807, 2.05) is 23.7 Å². The number of hydrogen-bond donors (Lipinski definition) is 1. The summed E-state index contributed by atoms with van der Waals surface area (Å²) in [6, 6.07) is 3.55. The molecule has 1 amide bonds. The lowest BCUT2D eigenvalue weighted by Crippen LogP contribution is -2.49. The minimum atomic E-state index is -0.136. The molecule has 2 atom stereocenters. The highest BCUT2D eigenvalue weighted by Crippen LogP contribution is 2.20. The van der Waals surface area contributed by atoms with Crippen LogP contribution in [0, 0.1) is 5.92 Å². The number of nitrogens with one attached hydrogen (secondary N) is 1. The number of rotatable bonds is 6. The van der Waals surface area contributed by atoms with Crippen LogP contribution < -0.4 is 5.32 Å². The summed E-state index contributed by atoms with van der Waals surface area (Å²) < 4.78 is 7.11. The topological polar surface area (TPSA) is 76.2 Å². The van der Waals surface area contributed by atoms with Crippen LogP contribution in [0.15, 0.2) is 35.5 Å². The van der Waals surface area contributed by atoms with Crippen molar-refractivity contribution in [3.8, 4) is 0 Å². The second-order valence-electron chi connectivity index (χ2n) is 6.09. The van der Waals surface area contributed by atoms with Gasteiger partial charge in [0.1, 0.15) is 18.4 Å². The molecule has 0 aliphatic carbocycles. The Kier molecular flexibility index (Phi) is 5.07. The Morgan fingerprint density at radius 3 is 3.22 bits per heavy atom. The highest BCUT2D eigenvalue weighted by atomic mass is 16.3. The first-order chi connectivity index (χ1) is 11.2. The third-order valence-corrected chi connectivity index (χ3v) is 4.41. The fourth-order valence-electron chi connectivity index (χ4n) is 3.09. The molecule has 0 aromatic carbocycles. The van der Waals surface area contributed by atoms with Crippen molar-refractivity contribution in [3.05, 3.63) is 36.8 Å². The lowest BCUT2D eigenvalue weighted by atomic mass is 9.96. The third-order valence-electron chi connectivity index (χ3n) is 4.41. The van der Waals surface area contributed by atoms with Crippen molar-refractivity contribution >= 4 is 5.91 Å². The summed E-state index contributed by atoms with van der Waals surface area (Å²) in [7, 11) is 0. The van der Waals surface area contributed by atoms with Gasteiger partial charge in [-0.25, -0.2) is 4.98 Å². The van der Waals surface area contributed by atoms with Gasteiger partial charge >= 0.3 is 0 Å². The molecule has 7 nitrogen and oxygen atoms in total. The van der Waals surface area contributed by atoms with E-state index in [0.717, 1.165) is 38.2 Å². The van der Waals surface area contributed by atoms with Crippen LogP contribution in [0.1, 0.15) is 25.5 Å². The Labute approximate surface area is 135 Å². The fraction of sp³-hybridized carbons (Fsp3) is 0.562. The fourth-order valence-corrected chi connectivity index (χ4v) is 3.09. The van der Waals surface area contributed by atoms with E-state index in [1.165, 1.54) is 0 Å². The Morgan fingerprint density at radius 1 is 1.57 bits per heavy atom. The molecule has 0 bridgehead atoms. The summed E-state index contributed by atoms with van der Waals surface area (Å²) in [5, 5.41) is 7.11. The van der Waals surface area contributed by atoms with Gasteiger partial charge < -0.3 is 9.73 Å². The summed E-state index contributed by atoms with van der Waals surface area (Å²) in [6.45, 7) is 5.14. The molecule has 2 aromatic rings. The van der Waals surface area contributed by atoms with Crippen molar-refractivity contribution < 1.29 is 9.21 Å². The first kappa shape index (κ1) is 15.7. The monoisotopic (exact) mass is 317 g/mol. The molecule has 0 radical (unpaired) electrons. The summed E-state index contributed by atoms with van der Waals surface area (Å²) in [6.07, 6.45) is 7.19. The van der Waals surface area contributed by atoms with Crippen LogP contribution in [-0.2, 0) is 17.9 Å². The molecule has 0 unspecified atom stereocenters. The molecule has 1 saturated heterocycles. The number of nitrogens with zero attached hydrogens (tertiary/aromatic N) is 4. The maximum absolute atomic E-state index is 12.3. The molecular formula is C16H23N5O2. The van der Waals surface area contributed by atoms with E-state index in [0.29, 0.717) is 12.5 Å². The maximum Gasteiger partial charge on any atom is 0.237 e. The normalized spacial score (nSPS) is 20.3. The Balaban J connectivity index is 1.49. The molecule has 23 heavy (non-hydrogen) atoms. The van der Waals surface area contributed by atoms with Gasteiger partial charge in [0.2, 0.25) is 5.91 Å². The number of likely N-dealkylation sites (tertiary alicyclic amines) is 1. The average Bonchev–Trinajstić information content (AvgIpc) is 3.25. The summed E-state index contributed by atoms with van der Waals surface area (Å²) >= 11 is 0. The molecule has 2 aromatic heterocycles. The average molecular weight is 317 g/mol. The van der Waals surface area contributed by atoms with E-state index in [9.17, 15) is 4.79 Å². The van der Waals surface area contributed by atoms with Gasteiger partial charge in [-0.3, -0.25) is 14.4 Å². The highest BCUT2D eigenvalue weighted by molar-refractivity contribution is 5.81. The maximum atomic E-state index is 12.3. The molecular weight excluding hydrogens is 294 g/mol. The first-order valence-corrected chi connectivity index (χ1v) is 8.09. The van der Waals surface area contributed by atoms with Crippen molar-refractivity contribution in [1.29, 1.82) is 0 Å². The van der Waals surface area contributed by atoms with E-state index >= 15 is 0 Å². The molecule has 1 fully saturated rings. The van der Waals surface area contributed by atoms with Gasteiger partial charge in [-0.1, -0.05) is 0 Å². The number of carbonyl (C=O) groups is 1. The minimum absolute atomic E-state index is 0.0443. The van der Waals surface area contributed by atoms with Crippen LogP contribution in [0.5, 0.6) is 0 Å². The predicted molar refractivity (Wildman–Crippen MR) is 84.3 cm³/mol. The minimum Gasteiger partial charge on any atom is -0.467 e. The van der Waals surface area contributed by atoms with Gasteiger partial charge in [0, 0.05) is 13.1 Å². The SMILES string of the molecule is C[C@@H](C(=O)NCc1ccco1)N1CCC[C@@H](Cn2cncn2)C1. The number of furan rings is 1. The number of aromatic nitrogens is 3. The van der Waals surface area contributed by atoms with E-state index in [-0.39, 0.29) is 11.9 Å². The van der Waals surface area contributed by atoms with Crippen LogP contribution in [0.3, 0.4) is 0 Å². The predicted octanol–water partition coefficient (Wildman–Crippen LogP) is 1.29. The van der Waals surface area contributed by atoms with Gasteiger partial charge in [0.15, 0.2) is 0 Å². The molecule has 1 aliphatic rings. The Hall–Kier alpha value is -2.15. The smallest absolute Gasteiger partial charge is 0.237 e. The zero-order valence-corrected chi connectivity index (χ0v) is 13.4. The summed E-state index contributed by atoms with van der Waals surface area (Å²) in [5.74, 6) is 1.32. The zero-order valence-electron chi connectivity index (χ0n) is 13.4. The van der Waals surface area contributed by atoms with Crippen LogP contribution in [0.25, 0.3) is 0 Å². The van der Waals surface area contributed by atoms with E-state index in [1.54, 1.807) is 18.9 Å². The van der Waals surface area contributed by atoms with E-state index in [4.69, 9.17) is 4.42 Å². The lowest BCUT2D eigenvalue weighted by Gasteiger charge is -2.36. The number of hydrogen-bond acceptors (Lipinski definition) is 5. The zero-order chi connectivity index (χ0) is 16.1. The summed E-state index contributed by atoms with van der Waals surface area (Å²) in [5.41, 5.74) is 0. The van der Waals surface area contributed by atoms with Crippen LogP contribution in [-0.4, -0.2) is 44.7 Å². The number of piperidine rings is 1. The van der Waals surface area contributed by atoms with E-state index < -0.39 is 0 Å². The second kappa shape index (κ2) is 7.41. The largest absolute Gasteiger partial charge is 0.467 e. The van der Waals surface area contributed by atoms with Gasteiger partial charge in [-0.2, -0.15) is 5.10 Å². The van der Waals surface area contributed by atoms with Crippen LogP contribution >= 0.6 is 0 Å². The van der Waals surface area contributed by atoms with Gasteiger partial charge in [-0.05, 0) is 44.4 Å². The van der Waals surface area contributed by atoms with E-state index in [2.05, 4.69) is 20.3 Å². The molecule has 0 saturated carbocycles. The third kappa shape index (κ3) is 4.19. The molecule has 7 heteroatoms. The quantitative estimate of drug-likeness (QED) is 0.869. The van der Waals surface area contributed by atoms with Crippen LogP contribution in [0.2, 0.25) is 0 Å². The molecule has 3 rings (SSSR count). The highest BCUT2D eigenvalue weighted by Gasteiger charge is 2.27. The van der Waals surface area contributed by atoms with Crippen molar-refractivity contribution in [1.82, 2.24) is 25.0 Å². The number of amides is 1. The molecule has 1 N–H and O–H groups in total. The Morgan fingerprint density at radius 2 is 2.48 bits per heavy atom. The van der Waals surface area contributed by atoms with Gasteiger partial charge in [0.25, 0.3) is 0 Å². The molecule has 3 heterocycles. The lowest BCUT2D eigenvalue weighted by molar-refractivity contribution is -0.126. The van der Waals surface area contributed by atoms with Gasteiger partial charge in [0.05, 0.1) is 18.8 Å². The van der Waals surface area contributed by atoms with Crippen molar-refractivity contribution in [2.24, 2.45) is 5.92 Å². The Bertz CT molecular complexity index is 596. The van der Waals surface area contributed by atoms with Crippen molar-refractivity contribution in [2.75, 3.05) is 13.1 Å². The second-order valence-corrected chi connectivity index (χ2v) is 6.09. The van der Waals surface area contributed by atoms with Gasteiger partial charge in [-0.15, -0.1) is 0 Å². The van der Waals surface area contributed by atoms with Crippen LogP contribution in [0.4, 0.5) is 0 Å². The van der Waals surface area contributed by atoms with Crippen molar-refractivity contribution in [3.63, 3.8) is 0 Å². The standard InChI is InChI=1S/C16H23N5O2/c1-13(16(22)18-8-15-5-3-7-23-15)20-6-2-4-14(9-20)10-21-12-17-11-19-21/h3,5,7,11-14H,2,4,6,8-10H2,1H3,(H,18,22)/t13-,14+/m0/s1. The molecule has 1 aliphatic heterocycles. The first-order valence-electron chi connectivity index (χ1n) is 8.09. The van der Waals surface area contributed by atoms with Crippen molar-refractivity contribution in [2.45, 2.75) is 38.9 Å². The molecule has 0 spiro atoms. The summed E-state index contributed by atoms with van der Waals surface area (Å²) in [4.78, 5) is 18.6.